The summed E-state index contributed by atoms with van der Waals surface area (Å²) < 4.78 is 28.9. The summed E-state index contributed by atoms with van der Waals surface area (Å²) in [7, 11) is 0. The molecule has 0 aliphatic heterocycles. The van der Waals surface area contributed by atoms with Crippen LogP contribution in [0.5, 0.6) is 5.75 Å². The highest BCUT2D eigenvalue weighted by atomic mass is 32.1. The van der Waals surface area contributed by atoms with Gasteiger partial charge in [0.2, 0.25) is 0 Å². The fourth-order valence-corrected chi connectivity index (χ4v) is 3.62. The van der Waals surface area contributed by atoms with Gasteiger partial charge in [-0.15, -0.1) is 11.3 Å². The number of amides is 1. The first-order chi connectivity index (χ1) is 14.2. The van der Waals surface area contributed by atoms with E-state index in [-0.39, 0.29) is 27.8 Å². The summed E-state index contributed by atoms with van der Waals surface area (Å²) in [5.74, 6) is -0.605. The van der Waals surface area contributed by atoms with Gasteiger partial charge < -0.3 is 10.5 Å². The Kier molecular flexibility index (Phi) is 5.92. The molecule has 1 aromatic heterocycles. The van der Waals surface area contributed by atoms with Crippen LogP contribution >= 0.6 is 11.3 Å². The topological polar surface area (TPSA) is 120 Å². The van der Waals surface area contributed by atoms with E-state index < -0.39 is 17.4 Å². The summed E-state index contributed by atoms with van der Waals surface area (Å²) in [6, 6.07) is 8.69. The predicted octanol–water partition coefficient (Wildman–Crippen LogP) is 4.77. The average Bonchev–Trinajstić information content (AvgIpc) is 3.03. The minimum Gasteiger partial charge on any atom is -0.435 e. The smallest absolute Gasteiger partial charge is 0.387 e. The van der Waals surface area contributed by atoms with Crippen molar-refractivity contribution in [3.05, 3.63) is 62.5 Å². The van der Waals surface area contributed by atoms with Crippen molar-refractivity contribution in [1.29, 1.82) is 0 Å². The number of nitro groups is 1. The van der Waals surface area contributed by atoms with Crippen molar-refractivity contribution in [3.8, 4) is 17.0 Å². The highest BCUT2D eigenvalue weighted by Crippen LogP contribution is 2.33. The van der Waals surface area contributed by atoms with Gasteiger partial charge in [0.1, 0.15) is 11.4 Å². The standard InChI is InChI=1S/C19H16F2N4O4S/c1-9-7-13(15(22)14(8-9)25(27)28)17(26)24-19-23-16(10(2)30-19)11-3-5-12(6-4-11)29-18(20)21/h3-8,18H,22H2,1-2H3,(H,23,24,26). The van der Waals surface area contributed by atoms with Crippen LogP contribution in [-0.2, 0) is 0 Å². The van der Waals surface area contributed by atoms with Crippen molar-refractivity contribution >= 4 is 33.8 Å². The van der Waals surface area contributed by atoms with Crippen molar-refractivity contribution in [1.82, 2.24) is 4.98 Å². The Bertz CT molecular complexity index is 1120. The first-order valence-corrected chi connectivity index (χ1v) is 9.36. The first kappa shape index (κ1) is 21.1. The number of hydrogen-bond acceptors (Lipinski definition) is 7. The number of halogens is 2. The van der Waals surface area contributed by atoms with Crippen molar-refractivity contribution in [3.63, 3.8) is 0 Å². The lowest BCUT2D eigenvalue weighted by Crippen LogP contribution is -2.15. The zero-order chi connectivity index (χ0) is 22.0. The molecule has 1 amide bonds. The third-order valence-corrected chi connectivity index (χ3v) is 5.00. The maximum absolute atomic E-state index is 12.6. The van der Waals surface area contributed by atoms with Crippen LogP contribution in [-0.4, -0.2) is 22.4 Å². The normalized spacial score (nSPS) is 10.8. The molecule has 11 heteroatoms. The lowest BCUT2D eigenvalue weighted by atomic mass is 10.1. The van der Waals surface area contributed by atoms with Gasteiger partial charge in [0, 0.05) is 16.5 Å². The van der Waals surface area contributed by atoms with Crippen LogP contribution in [0.2, 0.25) is 0 Å². The Morgan fingerprint density at radius 2 is 1.93 bits per heavy atom. The number of aryl methyl sites for hydroxylation is 2. The van der Waals surface area contributed by atoms with Crippen LogP contribution < -0.4 is 15.8 Å². The number of nitrogen functional groups attached to an aromatic ring is 1. The highest BCUT2D eigenvalue weighted by Gasteiger charge is 2.22. The SMILES string of the molecule is Cc1cc(C(=O)Nc2nc(-c3ccc(OC(F)F)cc3)c(C)s2)c(N)c([N+](=O)[O-])c1. The third kappa shape index (κ3) is 4.51. The van der Waals surface area contributed by atoms with Gasteiger partial charge in [-0.1, -0.05) is 0 Å². The molecule has 1 heterocycles. The number of carbonyl (C=O) groups is 1. The van der Waals surface area contributed by atoms with E-state index in [0.717, 1.165) is 4.88 Å². The van der Waals surface area contributed by atoms with Crippen molar-refractivity contribution in [2.75, 3.05) is 11.1 Å². The number of rotatable bonds is 6. The van der Waals surface area contributed by atoms with Crippen LogP contribution in [0.25, 0.3) is 11.3 Å². The lowest BCUT2D eigenvalue weighted by Gasteiger charge is -2.07. The second kappa shape index (κ2) is 8.41. The zero-order valence-corrected chi connectivity index (χ0v) is 16.6. The van der Waals surface area contributed by atoms with E-state index in [4.69, 9.17) is 5.73 Å². The average molecular weight is 434 g/mol. The van der Waals surface area contributed by atoms with Crippen LogP contribution in [0.3, 0.4) is 0 Å². The van der Waals surface area contributed by atoms with Crippen LogP contribution in [0.1, 0.15) is 20.8 Å². The van der Waals surface area contributed by atoms with Gasteiger partial charge in [-0.25, -0.2) is 4.98 Å². The second-order valence-electron chi connectivity index (χ2n) is 6.28. The molecule has 156 valence electrons. The maximum atomic E-state index is 12.6. The molecular formula is C19H16F2N4O4S. The summed E-state index contributed by atoms with van der Waals surface area (Å²) in [6.07, 6.45) is 0. The number of nitro benzene ring substituents is 1. The van der Waals surface area contributed by atoms with E-state index in [1.54, 1.807) is 26.0 Å². The molecular weight excluding hydrogens is 418 g/mol. The lowest BCUT2D eigenvalue weighted by molar-refractivity contribution is -0.384. The van der Waals surface area contributed by atoms with Gasteiger partial charge in [-0.3, -0.25) is 20.2 Å². The monoisotopic (exact) mass is 434 g/mol. The van der Waals surface area contributed by atoms with Crippen molar-refractivity contribution in [2.45, 2.75) is 20.5 Å². The van der Waals surface area contributed by atoms with E-state index in [1.807, 2.05) is 0 Å². The molecule has 0 aliphatic rings. The molecule has 3 aromatic rings. The van der Waals surface area contributed by atoms with E-state index in [2.05, 4.69) is 15.0 Å². The molecule has 3 N–H and O–H groups in total. The molecule has 0 bridgehead atoms. The minimum absolute atomic E-state index is 0.0201. The molecule has 0 saturated heterocycles. The van der Waals surface area contributed by atoms with Crippen molar-refractivity contribution < 1.29 is 23.2 Å². The molecule has 0 atom stereocenters. The molecule has 0 saturated carbocycles. The Morgan fingerprint density at radius 3 is 2.53 bits per heavy atom. The number of alkyl halides is 2. The summed E-state index contributed by atoms with van der Waals surface area (Å²) >= 11 is 1.20. The fraction of sp³-hybridized carbons (Fsp3) is 0.158. The number of benzene rings is 2. The Morgan fingerprint density at radius 1 is 1.27 bits per heavy atom. The number of ether oxygens (including phenoxy) is 1. The summed E-state index contributed by atoms with van der Waals surface area (Å²) in [6.45, 7) is 0.498. The zero-order valence-electron chi connectivity index (χ0n) is 15.8. The van der Waals surface area contributed by atoms with E-state index in [9.17, 15) is 23.7 Å². The van der Waals surface area contributed by atoms with Gasteiger partial charge in [-0.05, 0) is 49.7 Å². The number of nitrogens with zero attached hydrogens (tertiary/aromatic N) is 2. The molecule has 30 heavy (non-hydrogen) atoms. The molecule has 0 radical (unpaired) electrons. The number of thiazole rings is 1. The summed E-state index contributed by atoms with van der Waals surface area (Å²) in [5, 5.41) is 14.0. The summed E-state index contributed by atoms with van der Waals surface area (Å²) in [4.78, 5) is 28.3. The number of nitrogens with two attached hydrogens (primary N) is 1. The number of hydrogen-bond donors (Lipinski definition) is 2. The molecule has 2 aromatic carbocycles. The van der Waals surface area contributed by atoms with Crippen LogP contribution in [0.4, 0.5) is 25.3 Å². The van der Waals surface area contributed by atoms with E-state index in [1.165, 1.54) is 35.6 Å². The number of anilines is 2. The Hall–Kier alpha value is -3.60. The third-order valence-electron chi connectivity index (χ3n) is 4.11. The second-order valence-corrected chi connectivity index (χ2v) is 7.49. The van der Waals surface area contributed by atoms with E-state index >= 15 is 0 Å². The van der Waals surface area contributed by atoms with Gasteiger partial charge in [0.15, 0.2) is 5.13 Å². The molecule has 8 nitrogen and oxygen atoms in total. The van der Waals surface area contributed by atoms with Crippen LogP contribution in [0.15, 0.2) is 36.4 Å². The fourth-order valence-electron chi connectivity index (χ4n) is 2.79. The van der Waals surface area contributed by atoms with Crippen molar-refractivity contribution in [2.24, 2.45) is 0 Å². The molecule has 0 aliphatic carbocycles. The largest absolute Gasteiger partial charge is 0.435 e. The maximum Gasteiger partial charge on any atom is 0.387 e. The highest BCUT2D eigenvalue weighted by molar-refractivity contribution is 7.16. The van der Waals surface area contributed by atoms with Gasteiger partial charge >= 0.3 is 6.61 Å². The van der Waals surface area contributed by atoms with Gasteiger partial charge in [0.25, 0.3) is 11.6 Å². The Labute approximate surface area is 173 Å². The minimum atomic E-state index is -2.91. The van der Waals surface area contributed by atoms with Gasteiger partial charge in [-0.2, -0.15) is 8.78 Å². The molecule has 0 unspecified atom stereocenters. The quantitative estimate of drug-likeness (QED) is 0.327. The first-order valence-electron chi connectivity index (χ1n) is 8.54. The molecule has 0 fully saturated rings. The number of nitrogens with one attached hydrogen (secondary N) is 1. The molecule has 3 rings (SSSR count). The molecule has 0 spiro atoms. The number of aromatic nitrogens is 1. The predicted molar refractivity (Wildman–Crippen MR) is 109 cm³/mol. The number of carbonyl (C=O) groups excluding carboxylic acids is 1. The summed E-state index contributed by atoms with van der Waals surface area (Å²) in [5.41, 5.74) is 6.92. The Balaban J connectivity index is 1.84. The van der Waals surface area contributed by atoms with E-state index in [0.29, 0.717) is 16.8 Å². The van der Waals surface area contributed by atoms with Crippen LogP contribution in [0, 0.1) is 24.0 Å². The van der Waals surface area contributed by atoms with Gasteiger partial charge in [0.05, 0.1) is 16.2 Å².